The molecule has 2 aromatic rings. The third-order valence-electron chi connectivity index (χ3n) is 2.23. The van der Waals surface area contributed by atoms with E-state index in [9.17, 15) is 4.79 Å². The highest BCUT2D eigenvalue weighted by atomic mass is 16.1. The van der Waals surface area contributed by atoms with E-state index in [1.54, 1.807) is 22.9 Å². The van der Waals surface area contributed by atoms with Crippen LogP contribution in [-0.2, 0) is 11.3 Å². The van der Waals surface area contributed by atoms with Gasteiger partial charge in [-0.3, -0.25) is 4.79 Å². The van der Waals surface area contributed by atoms with Gasteiger partial charge >= 0.3 is 0 Å². The van der Waals surface area contributed by atoms with Gasteiger partial charge in [0.05, 0.1) is 11.6 Å². The molecule has 4 nitrogen and oxygen atoms in total. The smallest absolute Gasteiger partial charge is 0.237 e. The molecule has 0 radical (unpaired) electrons. The molecule has 2 N–H and O–H groups in total. The molecule has 0 aliphatic heterocycles. The molecule has 0 aliphatic carbocycles. The fourth-order valence-electron chi connectivity index (χ4n) is 1.58. The zero-order valence-electron chi connectivity index (χ0n) is 7.97. The Kier molecular flexibility index (Phi) is 2.14. The highest BCUT2D eigenvalue weighted by Gasteiger charge is 2.03. The fourth-order valence-corrected chi connectivity index (χ4v) is 1.58. The Balaban J connectivity index is 2.53. The number of aromatic nitrogens is 1. The molecule has 0 atom stereocenters. The number of primary amides is 1. The van der Waals surface area contributed by atoms with E-state index in [0.29, 0.717) is 5.56 Å². The van der Waals surface area contributed by atoms with Crippen LogP contribution in [0.2, 0.25) is 0 Å². The van der Waals surface area contributed by atoms with E-state index >= 15 is 0 Å². The summed E-state index contributed by atoms with van der Waals surface area (Å²) in [5, 5.41) is 9.66. The first kappa shape index (κ1) is 9.28. The summed E-state index contributed by atoms with van der Waals surface area (Å²) in [7, 11) is 0. The standard InChI is InChI=1S/C11H9N3O/c12-6-8-1-2-10-9(5-8)3-4-14(10)7-11(13)15/h1-5H,7H2,(H2,13,15). The predicted molar refractivity (Wildman–Crippen MR) is 55.8 cm³/mol. The van der Waals surface area contributed by atoms with Crippen LogP contribution in [0.15, 0.2) is 30.5 Å². The number of nitriles is 1. The Hall–Kier alpha value is -2.28. The third-order valence-corrected chi connectivity index (χ3v) is 2.23. The number of rotatable bonds is 2. The molecule has 15 heavy (non-hydrogen) atoms. The molecule has 0 saturated heterocycles. The van der Waals surface area contributed by atoms with Gasteiger partial charge in [0.1, 0.15) is 6.54 Å². The summed E-state index contributed by atoms with van der Waals surface area (Å²) >= 11 is 0. The van der Waals surface area contributed by atoms with Gasteiger partial charge in [0.25, 0.3) is 0 Å². The molecule has 0 bridgehead atoms. The van der Waals surface area contributed by atoms with E-state index in [0.717, 1.165) is 10.9 Å². The van der Waals surface area contributed by atoms with E-state index in [2.05, 4.69) is 6.07 Å². The van der Waals surface area contributed by atoms with E-state index in [-0.39, 0.29) is 12.5 Å². The molecule has 74 valence electrons. The normalized spacial score (nSPS) is 10.1. The van der Waals surface area contributed by atoms with Crippen molar-refractivity contribution >= 4 is 16.8 Å². The second kappa shape index (κ2) is 3.46. The van der Waals surface area contributed by atoms with Crippen molar-refractivity contribution in [3.63, 3.8) is 0 Å². The second-order valence-electron chi connectivity index (χ2n) is 3.30. The van der Waals surface area contributed by atoms with Crippen LogP contribution in [-0.4, -0.2) is 10.5 Å². The van der Waals surface area contributed by atoms with Crippen LogP contribution in [0, 0.1) is 11.3 Å². The Morgan fingerprint density at radius 2 is 2.27 bits per heavy atom. The number of nitrogens with two attached hydrogens (primary N) is 1. The summed E-state index contributed by atoms with van der Waals surface area (Å²) in [5.41, 5.74) is 6.64. The van der Waals surface area contributed by atoms with Gasteiger partial charge in [-0.1, -0.05) is 0 Å². The Morgan fingerprint density at radius 3 is 2.93 bits per heavy atom. The minimum Gasteiger partial charge on any atom is -0.368 e. The molecule has 1 aromatic heterocycles. The van der Waals surface area contributed by atoms with E-state index in [1.807, 2.05) is 12.1 Å². The van der Waals surface area contributed by atoms with Crippen LogP contribution < -0.4 is 5.73 Å². The molecule has 1 heterocycles. The van der Waals surface area contributed by atoms with Gasteiger partial charge in [-0.15, -0.1) is 0 Å². The molecule has 0 aliphatic rings. The lowest BCUT2D eigenvalue weighted by molar-refractivity contribution is -0.118. The third kappa shape index (κ3) is 1.67. The number of amides is 1. The van der Waals surface area contributed by atoms with Gasteiger partial charge in [-0.05, 0) is 24.3 Å². The number of nitrogens with zero attached hydrogens (tertiary/aromatic N) is 2. The maximum absolute atomic E-state index is 10.8. The predicted octanol–water partition coefficient (Wildman–Crippen LogP) is 0.998. The number of hydrogen-bond acceptors (Lipinski definition) is 2. The summed E-state index contributed by atoms with van der Waals surface area (Å²) in [6.45, 7) is 0.162. The molecule has 1 aromatic carbocycles. The van der Waals surface area contributed by atoms with Crippen molar-refractivity contribution in [2.24, 2.45) is 5.73 Å². The number of benzene rings is 1. The SMILES string of the molecule is N#Cc1ccc2c(ccn2CC(N)=O)c1. The topological polar surface area (TPSA) is 71.8 Å². The number of carbonyl (C=O) groups is 1. The molecule has 0 saturated carbocycles. The summed E-state index contributed by atoms with van der Waals surface area (Å²) in [5.74, 6) is -0.378. The average Bonchev–Trinajstić information content (AvgIpc) is 2.60. The van der Waals surface area contributed by atoms with Crippen LogP contribution in [0.1, 0.15) is 5.56 Å². The molecule has 0 fully saturated rings. The highest BCUT2D eigenvalue weighted by Crippen LogP contribution is 2.17. The largest absolute Gasteiger partial charge is 0.368 e. The van der Waals surface area contributed by atoms with Gasteiger partial charge in [0.2, 0.25) is 5.91 Å². The zero-order chi connectivity index (χ0) is 10.8. The Labute approximate surface area is 86.5 Å². The van der Waals surface area contributed by atoms with Crippen molar-refractivity contribution in [3.05, 3.63) is 36.0 Å². The van der Waals surface area contributed by atoms with Crippen LogP contribution in [0.3, 0.4) is 0 Å². The molecule has 0 unspecified atom stereocenters. The maximum Gasteiger partial charge on any atom is 0.237 e. The van der Waals surface area contributed by atoms with Crippen LogP contribution >= 0.6 is 0 Å². The second-order valence-corrected chi connectivity index (χ2v) is 3.30. The lowest BCUT2D eigenvalue weighted by Gasteiger charge is -2.01. The zero-order valence-corrected chi connectivity index (χ0v) is 7.97. The minimum atomic E-state index is -0.378. The van der Waals surface area contributed by atoms with Crippen LogP contribution in [0.4, 0.5) is 0 Å². The van der Waals surface area contributed by atoms with E-state index in [1.165, 1.54) is 0 Å². The van der Waals surface area contributed by atoms with Gasteiger partial charge in [0.15, 0.2) is 0 Å². The van der Waals surface area contributed by atoms with Crippen molar-refractivity contribution in [2.75, 3.05) is 0 Å². The number of carbonyl (C=O) groups excluding carboxylic acids is 1. The molecular weight excluding hydrogens is 190 g/mol. The Bertz CT molecular complexity index is 563. The summed E-state index contributed by atoms with van der Waals surface area (Å²) in [4.78, 5) is 10.8. The van der Waals surface area contributed by atoms with Gasteiger partial charge in [-0.2, -0.15) is 5.26 Å². The monoisotopic (exact) mass is 199 g/mol. The van der Waals surface area contributed by atoms with Gasteiger partial charge < -0.3 is 10.3 Å². The van der Waals surface area contributed by atoms with Gasteiger partial charge in [-0.25, -0.2) is 0 Å². The molecule has 4 heteroatoms. The summed E-state index contributed by atoms with van der Waals surface area (Å²) in [6.07, 6.45) is 1.79. The molecule has 1 amide bonds. The summed E-state index contributed by atoms with van der Waals surface area (Å²) in [6, 6.07) is 9.25. The first-order valence-electron chi connectivity index (χ1n) is 4.48. The quantitative estimate of drug-likeness (QED) is 0.783. The minimum absolute atomic E-state index is 0.162. The first-order valence-corrected chi connectivity index (χ1v) is 4.48. The molecule has 2 rings (SSSR count). The fraction of sp³-hybridized carbons (Fsp3) is 0.0909. The van der Waals surface area contributed by atoms with Crippen molar-refractivity contribution < 1.29 is 4.79 Å². The lowest BCUT2D eigenvalue weighted by Crippen LogP contribution is -2.17. The highest BCUT2D eigenvalue weighted by molar-refractivity contribution is 5.83. The van der Waals surface area contributed by atoms with Crippen molar-refractivity contribution in [1.82, 2.24) is 4.57 Å². The van der Waals surface area contributed by atoms with Crippen molar-refractivity contribution in [1.29, 1.82) is 5.26 Å². The molecule has 0 spiro atoms. The van der Waals surface area contributed by atoms with Crippen LogP contribution in [0.25, 0.3) is 10.9 Å². The van der Waals surface area contributed by atoms with Crippen LogP contribution in [0.5, 0.6) is 0 Å². The number of fused-ring (bicyclic) bond motifs is 1. The Morgan fingerprint density at radius 1 is 1.47 bits per heavy atom. The van der Waals surface area contributed by atoms with Crippen molar-refractivity contribution in [3.8, 4) is 6.07 Å². The first-order chi connectivity index (χ1) is 7.20. The maximum atomic E-state index is 10.8. The molecular formula is C11H9N3O. The van der Waals surface area contributed by atoms with E-state index in [4.69, 9.17) is 11.0 Å². The summed E-state index contributed by atoms with van der Waals surface area (Å²) < 4.78 is 1.76. The van der Waals surface area contributed by atoms with Gasteiger partial charge in [0, 0.05) is 17.1 Å². The van der Waals surface area contributed by atoms with Crippen molar-refractivity contribution in [2.45, 2.75) is 6.54 Å². The number of hydrogen-bond donors (Lipinski definition) is 1. The lowest BCUT2D eigenvalue weighted by atomic mass is 10.2. The average molecular weight is 199 g/mol. The van der Waals surface area contributed by atoms with E-state index < -0.39 is 0 Å².